The highest BCUT2D eigenvalue weighted by molar-refractivity contribution is 5.66. The minimum absolute atomic E-state index is 0.135. The zero-order valence-electron chi connectivity index (χ0n) is 14.5. The second kappa shape index (κ2) is 7.75. The van der Waals surface area contributed by atoms with Gasteiger partial charge in [-0.25, -0.2) is 0 Å². The number of hydrogen-bond donors (Lipinski definition) is 1. The molecule has 0 saturated carbocycles. The van der Waals surface area contributed by atoms with Gasteiger partial charge in [0, 0.05) is 12.2 Å². The molecule has 0 aliphatic carbocycles. The van der Waals surface area contributed by atoms with Gasteiger partial charge in [-0.3, -0.25) is 0 Å². The van der Waals surface area contributed by atoms with E-state index in [1.165, 1.54) is 44.9 Å². The second-order valence-corrected chi connectivity index (χ2v) is 7.13. The van der Waals surface area contributed by atoms with Crippen molar-refractivity contribution in [2.45, 2.75) is 71.3 Å². The first-order valence-corrected chi connectivity index (χ1v) is 8.85. The van der Waals surface area contributed by atoms with Crippen LogP contribution in [0.1, 0.15) is 65.7 Å². The summed E-state index contributed by atoms with van der Waals surface area (Å²) in [6, 6.07) is 5.97. The van der Waals surface area contributed by atoms with Gasteiger partial charge in [-0.15, -0.1) is 0 Å². The van der Waals surface area contributed by atoms with E-state index >= 15 is 0 Å². The van der Waals surface area contributed by atoms with Crippen LogP contribution in [-0.2, 0) is 0 Å². The molecular weight excluding hydrogens is 272 g/mol. The lowest BCUT2D eigenvalue weighted by molar-refractivity contribution is 0.105. The van der Waals surface area contributed by atoms with E-state index in [2.05, 4.69) is 25.7 Å². The van der Waals surface area contributed by atoms with E-state index in [9.17, 15) is 0 Å². The zero-order valence-corrected chi connectivity index (χ0v) is 14.5. The summed E-state index contributed by atoms with van der Waals surface area (Å²) in [7, 11) is 0. The molecule has 0 amide bonds. The van der Waals surface area contributed by atoms with Crippen LogP contribution >= 0.6 is 0 Å². The number of nitrogens with zero attached hydrogens (tertiary/aromatic N) is 1. The maximum atomic E-state index is 6.08. The van der Waals surface area contributed by atoms with E-state index in [1.54, 1.807) is 0 Å². The lowest BCUT2D eigenvalue weighted by Crippen LogP contribution is -2.47. The van der Waals surface area contributed by atoms with Gasteiger partial charge in [-0.05, 0) is 38.5 Å². The molecule has 1 aromatic carbocycles. The third kappa shape index (κ3) is 4.82. The molecule has 1 aromatic rings. The summed E-state index contributed by atoms with van der Waals surface area (Å²) < 4.78 is 6.08. The fourth-order valence-electron chi connectivity index (χ4n) is 3.20. The Hall–Kier alpha value is -1.38. The lowest BCUT2D eigenvalue weighted by atomic mass is 10.0. The summed E-state index contributed by atoms with van der Waals surface area (Å²) in [4.78, 5) is 2.45. The molecule has 124 valence electrons. The average Bonchev–Trinajstić information content (AvgIpc) is 2.46. The van der Waals surface area contributed by atoms with E-state index in [-0.39, 0.29) is 5.60 Å². The van der Waals surface area contributed by atoms with Gasteiger partial charge in [0.15, 0.2) is 0 Å². The molecule has 1 heterocycles. The topological polar surface area (TPSA) is 38.5 Å². The highest BCUT2D eigenvalue weighted by Gasteiger charge is 2.31. The Morgan fingerprint density at radius 2 is 1.77 bits per heavy atom. The molecular formula is C19H32N2O. The van der Waals surface area contributed by atoms with E-state index in [0.717, 1.165) is 30.2 Å². The number of benzene rings is 1. The van der Waals surface area contributed by atoms with Gasteiger partial charge in [0.2, 0.25) is 0 Å². The van der Waals surface area contributed by atoms with Gasteiger partial charge in [0.25, 0.3) is 0 Å². The van der Waals surface area contributed by atoms with Crippen LogP contribution in [0.25, 0.3) is 0 Å². The number of fused-ring (bicyclic) bond motifs is 1. The second-order valence-electron chi connectivity index (χ2n) is 7.13. The molecule has 0 radical (unpaired) electrons. The number of hydrogen-bond acceptors (Lipinski definition) is 3. The Kier molecular flexibility index (Phi) is 5.98. The molecule has 0 bridgehead atoms. The lowest BCUT2D eigenvalue weighted by Gasteiger charge is -2.41. The first-order valence-electron chi connectivity index (χ1n) is 8.85. The van der Waals surface area contributed by atoms with E-state index in [0.29, 0.717) is 0 Å². The summed E-state index contributed by atoms with van der Waals surface area (Å²) in [5.74, 6) is 0.966. The van der Waals surface area contributed by atoms with Crippen molar-refractivity contribution in [3.63, 3.8) is 0 Å². The number of nitrogens with two attached hydrogens (primary N) is 1. The number of ether oxygens (including phenoxy) is 1. The van der Waals surface area contributed by atoms with Crippen LogP contribution < -0.4 is 15.4 Å². The Labute approximate surface area is 135 Å². The van der Waals surface area contributed by atoms with Crippen molar-refractivity contribution in [2.24, 2.45) is 0 Å². The summed E-state index contributed by atoms with van der Waals surface area (Å²) in [5.41, 5.74) is 7.79. The Morgan fingerprint density at radius 1 is 1.09 bits per heavy atom. The van der Waals surface area contributed by atoms with Crippen LogP contribution in [0.15, 0.2) is 18.2 Å². The van der Waals surface area contributed by atoms with E-state index in [4.69, 9.17) is 10.5 Å². The predicted octanol–water partition coefficient (Wildman–Crippen LogP) is 5.00. The van der Waals surface area contributed by atoms with Crippen LogP contribution in [0.5, 0.6) is 5.75 Å². The fraction of sp³-hybridized carbons (Fsp3) is 0.684. The highest BCUT2D eigenvalue weighted by Crippen LogP contribution is 2.38. The minimum Gasteiger partial charge on any atom is -0.484 e. The van der Waals surface area contributed by atoms with Gasteiger partial charge < -0.3 is 15.4 Å². The monoisotopic (exact) mass is 304 g/mol. The molecule has 0 unspecified atom stereocenters. The third-order valence-corrected chi connectivity index (χ3v) is 4.31. The minimum atomic E-state index is -0.135. The van der Waals surface area contributed by atoms with Crippen LogP contribution in [0.3, 0.4) is 0 Å². The van der Waals surface area contributed by atoms with Crippen LogP contribution in [-0.4, -0.2) is 18.7 Å². The van der Waals surface area contributed by atoms with Gasteiger partial charge in [0.1, 0.15) is 11.4 Å². The number of anilines is 2. The summed E-state index contributed by atoms with van der Waals surface area (Å²) in [6.45, 7) is 8.60. The zero-order chi connectivity index (χ0) is 16.0. The summed E-state index contributed by atoms with van der Waals surface area (Å²) in [6.07, 6.45) is 9.39. The highest BCUT2D eigenvalue weighted by atomic mass is 16.5. The van der Waals surface area contributed by atoms with Crippen molar-refractivity contribution in [1.82, 2.24) is 0 Å². The van der Waals surface area contributed by atoms with Crippen molar-refractivity contribution in [2.75, 3.05) is 23.7 Å². The number of rotatable bonds is 8. The first-order chi connectivity index (χ1) is 10.5. The van der Waals surface area contributed by atoms with Crippen molar-refractivity contribution in [1.29, 1.82) is 0 Å². The molecule has 0 saturated heterocycles. The molecule has 0 aromatic heterocycles. The predicted molar refractivity (Wildman–Crippen MR) is 95.8 cm³/mol. The Morgan fingerprint density at radius 3 is 2.50 bits per heavy atom. The smallest absolute Gasteiger partial charge is 0.143 e. The molecule has 2 N–H and O–H groups in total. The fourth-order valence-corrected chi connectivity index (χ4v) is 3.20. The van der Waals surface area contributed by atoms with Gasteiger partial charge in [-0.2, -0.15) is 0 Å². The van der Waals surface area contributed by atoms with Crippen molar-refractivity contribution in [3.8, 4) is 5.75 Å². The number of unbranched alkanes of at least 4 members (excludes halogenated alkanes) is 6. The Balaban J connectivity index is 1.86. The normalized spacial score (nSPS) is 16.2. The summed E-state index contributed by atoms with van der Waals surface area (Å²) in [5, 5.41) is 0. The molecule has 0 atom stereocenters. The molecule has 1 aliphatic heterocycles. The summed E-state index contributed by atoms with van der Waals surface area (Å²) >= 11 is 0. The molecule has 0 spiro atoms. The first kappa shape index (κ1) is 17.0. The largest absolute Gasteiger partial charge is 0.484 e. The SMILES string of the molecule is CCCCCCCCCN1CC(C)(C)Oc2ccc(N)cc21. The van der Waals surface area contributed by atoms with Gasteiger partial charge >= 0.3 is 0 Å². The quantitative estimate of drug-likeness (QED) is 0.543. The molecule has 22 heavy (non-hydrogen) atoms. The number of nitrogen functional groups attached to an aromatic ring is 1. The van der Waals surface area contributed by atoms with E-state index in [1.807, 2.05) is 18.2 Å². The van der Waals surface area contributed by atoms with Gasteiger partial charge in [0.05, 0.1) is 12.2 Å². The molecule has 3 nitrogen and oxygen atoms in total. The molecule has 1 aliphatic rings. The van der Waals surface area contributed by atoms with Crippen molar-refractivity contribution in [3.05, 3.63) is 18.2 Å². The average molecular weight is 304 g/mol. The third-order valence-electron chi connectivity index (χ3n) is 4.31. The Bertz CT molecular complexity index is 471. The van der Waals surface area contributed by atoms with Crippen LogP contribution in [0, 0.1) is 0 Å². The van der Waals surface area contributed by atoms with Crippen LogP contribution in [0.4, 0.5) is 11.4 Å². The van der Waals surface area contributed by atoms with Crippen molar-refractivity contribution < 1.29 is 4.74 Å². The maximum Gasteiger partial charge on any atom is 0.143 e. The maximum absolute atomic E-state index is 6.08. The molecule has 2 rings (SSSR count). The van der Waals surface area contributed by atoms with Crippen LogP contribution in [0.2, 0.25) is 0 Å². The van der Waals surface area contributed by atoms with E-state index < -0.39 is 0 Å². The standard InChI is InChI=1S/C19H32N2O/c1-4-5-6-7-8-9-10-13-21-15-19(2,3)22-18-12-11-16(20)14-17(18)21/h11-12,14H,4-10,13,15,20H2,1-3H3. The molecule has 0 fully saturated rings. The van der Waals surface area contributed by atoms with Crippen molar-refractivity contribution >= 4 is 11.4 Å². The molecule has 3 heteroatoms. The van der Waals surface area contributed by atoms with Gasteiger partial charge in [-0.1, -0.05) is 45.4 Å².